The minimum absolute atomic E-state index is 0.0594. The molecule has 1 N–H and O–H groups in total. The molecule has 0 spiro atoms. The van der Waals surface area contributed by atoms with Crippen LogP contribution < -0.4 is 5.32 Å². The fourth-order valence-corrected chi connectivity index (χ4v) is 4.14. The minimum Gasteiger partial charge on any atom is -0.349 e. The van der Waals surface area contributed by atoms with Gasteiger partial charge in [0.15, 0.2) is 0 Å². The topological polar surface area (TPSA) is 46.9 Å². The molecule has 2 atom stereocenters. The van der Waals surface area contributed by atoms with E-state index in [1.807, 2.05) is 25.6 Å². The number of carbonyl (C=O) groups excluding carboxylic acids is 1. The maximum Gasteiger partial charge on any atom is 0.223 e. The first-order chi connectivity index (χ1) is 12.2. The normalized spacial score (nSPS) is 19.7. The summed E-state index contributed by atoms with van der Waals surface area (Å²) in [7, 11) is 1.96. The van der Waals surface area contributed by atoms with Crippen LogP contribution in [0.3, 0.4) is 0 Å². The van der Waals surface area contributed by atoms with Gasteiger partial charge in [-0.05, 0) is 55.2 Å². The van der Waals surface area contributed by atoms with E-state index < -0.39 is 0 Å². The summed E-state index contributed by atoms with van der Waals surface area (Å²) in [6.07, 6.45) is 2.90. The molecule has 4 heteroatoms. The first kappa shape index (κ1) is 18.7. The van der Waals surface area contributed by atoms with Gasteiger partial charge in [-0.1, -0.05) is 45.0 Å². The van der Waals surface area contributed by atoms with Crippen molar-refractivity contribution in [2.24, 2.45) is 18.4 Å². The Labute approximate surface area is 157 Å². The molecule has 2 aromatic rings. The molecule has 3 rings (SSSR count). The van der Waals surface area contributed by atoms with Gasteiger partial charge in [0.2, 0.25) is 5.91 Å². The Hall–Kier alpha value is -2.10. The third-order valence-corrected chi connectivity index (χ3v) is 6.09. The average molecular weight is 354 g/mol. The number of benzene rings is 1. The molecular weight excluding hydrogens is 322 g/mol. The third-order valence-electron chi connectivity index (χ3n) is 6.09. The number of carbonyl (C=O) groups is 1. The molecule has 1 heterocycles. The maximum absolute atomic E-state index is 13.0. The molecular formula is C22H31N3O. The minimum atomic E-state index is -0.0820. The van der Waals surface area contributed by atoms with Crippen LogP contribution in [0.4, 0.5) is 0 Å². The predicted octanol–water partition coefficient (Wildman–Crippen LogP) is 4.05. The number of nitrogens with one attached hydrogen (secondary N) is 1. The Morgan fingerprint density at radius 3 is 2.69 bits per heavy atom. The molecule has 1 aliphatic rings. The lowest BCUT2D eigenvalue weighted by Crippen LogP contribution is -2.43. The quantitative estimate of drug-likeness (QED) is 0.901. The van der Waals surface area contributed by atoms with Crippen LogP contribution >= 0.6 is 0 Å². The van der Waals surface area contributed by atoms with Gasteiger partial charge in [0.1, 0.15) is 0 Å². The smallest absolute Gasteiger partial charge is 0.223 e. The van der Waals surface area contributed by atoms with E-state index in [9.17, 15) is 4.79 Å². The van der Waals surface area contributed by atoms with Crippen LogP contribution in [0.2, 0.25) is 0 Å². The predicted molar refractivity (Wildman–Crippen MR) is 105 cm³/mol. The van der Waals surface area contributed by atoms with Crippen molar-refractivity contribution in [2.75, 3.05) is 0 Å². The van der Waals surface area contributed by atoms with Crippen molar-refractivity contribution in [2.45, 2.75) is 59.9 Å². The number of nitrogens with zero attached hydrogens (tertiary/aromatic N) is 2. The summed E-state index contributed by atoms with van der Waals surface area (Å²) in [6, 6.07) is 8.59. The number of fused-ring (bicyclic) bond motifs is 1. The van der Waals surface area contributed by atoms with Crippen LogP contribution in [0.15, 0.2) is 24.3 Å². The Morgan fingerprint density at radius 2 is 2.04 bits per heavy atom. The summed E-state index contributed by atoms with van der Waals surface area (Å²) in [5.74, 6) is 0.0453. The molecule has 0 saturated heterocycles. The molecule has 1 aromatic heterocycles. The summed E-state index contributed by atoms with van der Waals surface area (Å²) in [5.41, 5.74) is 6.06. The van der Waals surface area contributed by atoms with Crippen molar-refractivity contribution in [3.8, 4) is 0 Å². The zero-order valence-electron chi connectivity index (χ0n) is 16.9. The molecule has 1 aliphatic carbocycles. The molecule has 4 nitrogen and oxygen atoms in total. The van der Waals surface area contributed by atoms with Crippen molar-refractivity contribution >= 4 is 5.91 Å². The Bertz CT molecular complexity index is 819. The fraction of sp³-hybridized carbons (Fsp3) is 0.545. The average Bonchev–Trinajstić information content (AvgIpc) is 2.83. The Morgan fingerprint density at radius 1 is 1.35 bits per heavy atom. The number of aryl methyl sites for hydroxylation is 3. The van der Waals surface area contributed by atoms with Gasteiger partial charge in [-0.15, -0.1) is 0 Å². The lowest BCUT2D eigenvalue weighted by atomic mass is 9.70. The van der Waals surface area contributed by atoms with Gasteiger partial charge in [-0.3, -0.25) is 9.48 Å². The highest BCUT2D eigenvalue weighted by Gasteiger charge is 2.37. The highest BCUT2D eigenvalue weighted by molar-refractivity contribution is 5.79. The Kier molecular flexibility index (Phi) is 4.96. The fourth-order valence-electron chi connectivity index (χ4n) is 4.14. The highest BCUT2D eigenvalue weighted by atomic mass is 16.1. The van der Waals surface area contributed by atoms with E-state index in [4.69, 9.17) is 0 Å². The molecule has 0 unspecified atom stereocenters. The van der Waals surface area contributed by atoms with E-state index in [1.165, 1.54) is 16.7 Å². The molecule has 0 aliphatic heterocycles. The zero-order chi connectivity index (χ0) is 19.1. The Balaban J connectivity index is 1.78. The zero-order valence-corrected chi connectivity index (χ0v) is 16.9. The lowest BCUT2D eigenvalue weighted by Gasteiger charge is -2.41. The van der Waals surface area contributed by atoms with Crippen LogP contribution in [0.25, 0.3) is 0 Å². The van der Waals surface area contributed by atoms with Gasteiger partial charge in [-0.2, -0.15) is 5.10 Å². The van der Waals surface area contributed by atoms with Gasteiger partial charge in [0.25, 0.3) is 0 Å². The van der Waals surface area contributed by atoms with E-state index in [0.717, 1.165) is 30.7 Å². The van der Waals surface area contributed by atoms with Crippen LogP contribution in [0.1, 0.15) is 61.3 Å². The van der Waals surface area contributed by atoms with Crippen molar-refractivity contribution in [1.82, 2.24) is 15.1 Å². The van der Waals surface area contributed by atoms with Gasteiger partial charge in [-0.25, -0.2) is 0 Å². The standard InChI is InChI=1S/C22H31N3O/c1-14(13-19-15(2)24-25(6)16(19)3)21(26)23-20-18-10-8-7-9-17(18)11-12-22(20,4)5/h7-10,14,20H,11-13H2,1-6H3,(H,23,26)/t14-,20-/m0/s1. The second-order valence-electron chi connectivity index (χ2n) is 8.51. The molecule has 140 valence electrons. The SMILES string of the molecule is Cc1nn(C)c(C)c1C[C@H](C)C(=O)N[C@H]1c2ccccc2CCC1(C)C. The van der Waals surface area contributed by atoms with Gasteiger partial charge >= 0.3 is 0 Å². The number of hydrogen-bond acceptors (Lipinski definition) is 2. The molecule has 26 heavy (non-hydrogen) atoms. The van der Waals surface area contributed by atoms with Crippen molar-refractivity contribution < 1.29 is 4.79 Å². The number of rotatable bonds is 4. The first-order valence-electron chi connectivity index (χ1n) is 9.58. The van der Waals surface area contributed by atoms with Crippen molar-refractivity contribution in [3.05, 3.63) is 52.3 Å². The largest absolute Gasteiger partial charge is 0.349 e. The third kappa shape index (κ3) is 3.42. The van der Waals surface area contributed by atoms with Crippen LogP contribution in [-0.4, -0.2) is 15.7 Å². The summed E-state index contributed by atoms with van der Waals surface area (Å²) < 4.78 is 1.90. The van der Waals surface area contributed by atoms with Crippen LogP contribution in [0.5, 0.6) is 0 Å². The van der Waals surface area contributed by atoms with E-state index in [1.54, 1.807) is 0 Å². The van der Waals surface area contributed by atoms with Gasteiger partial charge in [0.05, 0.1) is 11.7 Å². The molecule has 0 radical (unpaired) electrons. The highest BCUT2D eigenvalue weighted by Crippen LogP contribution is 2.43. The number of aromatic nitrogens is 2. The molecule has 0 saturated carbocycles. The van der Waals surface area contributed by atoms with Crippen LogP contribution in [0, 0.1) is 25.2 Å². The van der Waals surface area contributed by atoms with Crippen LogP contribution in [-0.2, 0) is 24.7 Å². The van der Waals surface area contributed by atoms with E-state index in [-0.39, 0.29) is 23.3 Å². The van der Waals surface area contributed by atoms with E-state index >= 15 is 0 Å². The monoisotopic (exact) mass is 353 g/mol. The maximum atomic E-state index is 13.0. The molecule has 1 amide bonds. The van der Waals surface area contributed by atoms with E-state index in [2.05, 4.69) is 55.5 Å². The molecule has 1 aromatic carbocycles. The summed E-state index contributed by atoms with van der Waals surface area (Å²) in [5, 5.41) is 7.84. The number of hydrogen-bond donors (Lipinski definition) is 1. The molecule has 0 fully saturated rings. The summed E-state index contributed by atoms with van der Waals surface area (Å²) in [4.78, 5) is 13.0. The molecule has 0 bridgehead atoms. The van der Waals surface area contributed by atoms with Gasteiger partial charge < -0.3 is 5.32 Å². The summed E-state index contributed by atoms with van der Waals surface area (Å²) in [6.45, 7) is 10.6. The van der Waals surface area contributed by atoms with E-state index in [0.29, 0.717) is 0 Å². The second kappa shape index (κ2) is 6.90. The number of amides is 1. The second-order valence-corrected chi connectivity index (χ2v) is 8.51. The van der Waals surface area contributed by atoms with Crippen molar-refractivity contribution in [1.29, 1.82) is 0 Å². The summed E-state index contributed by atoms with van der Waals surface area (Å²) >= 11 is 0. The van der Waals surface area contributed by atoms with Gasteiger partial charge in [0, 0.05) is 18.7 Å². The van der Waals surface area contributed by atoms with Crippen molar-refractivity contribution in [3.63, 3.8) is 0 Å². The lowest BCUT2D eigenvalue weighted by molar-refractivity contribution is -0.126. The first-order valence-corrected chi connectivity index (χ1v) is 9.58.